The largest absolute Gasteiger partial charge is 0.505 e. The lowest BCUT2D eigenvalue weighted by Crippen LogP contribution is -2.28. The summed E-state index contributed by atoms with van der Waals surface area (Å²) in [4.78, 5) is 12.9. The van der Waals surface area contributed by atoms with Crippen molar-refractivity contribution in [2.45, 2.75) is 13.1 Å². The average Bonchev–Trinajstić information content (AvgIpc) is 3.52. The number of hydrazone groups is 2. The van der Waals surface area contributed by atoms with Crippen molar-refractivity contribution in [2.75, 3.05) is 10.4 Å². The average molecular weight is 506 g/mol. The first-order valence-corrected chi connectivity index (χ1v) is 10.8. The monoisotopic (exact) mass is 506 g/mol. The summed E-state index contributed by atoms with van der Waals surface area (Å²) in [5.74, 6) is -0.276. The Morgan fingerprint density at radius 1 is 1.03 bits per heavy atom. The summed E-state index contributed by atoms with van der Waals surface area (Å²) in [5.41, 5.74) is 4.34. The van der Waals surface area contributed by atoms with Crippen molar-refractivity contribution in [3.8, 4) is 28.3 Å². The van der Waals surface area contributed by atoms with Crippen LogP contribution < -0.4 is 10.4 Å². The van der Waals surface area contributed by atoms with E-state index in [2.05, 4.69) is 36.3 Å². The highest BCUT2D eigenvalue weighted by Crippen LogP contribution is 2.37. The Morgan fingerprint density at radius 2 is 1.76 bits per heavy atom. The quantitative estimate of drug-likeness (QED) is 0.271. The third-order valence-electron chi connectivity index (χ3n) is 5.54. The summed E-state index contributed by atoms with van der Waals surface area (Å²) < 4.78 is 38.5. The number of hydrogen-bond donors (Lipinski definition) is 3. The minimum atomic E-state index is -4.49. The van der Waals surface area contributed by atoms with E-state index in [1.807, 2.05) is 6.07 Å². The van der Waals surface area contributed by atoms with Crippen molar-refractivity contribution < 1.29 is 23.1 Å². The molecule has 0 atom stereocenters. The molecule has 10 nitrogen and oxygen atoms in total. The molecule has 3 aromatic carbocycles. The predicted octanol–water partition coefficient (Wildman–Crippen LogP) is 4.45. The number of rotatable bonds is 5. The first-order valence-electron chi connectivity index (χ1n) is 10.8. The number of alkyl halides is 3. The number of aromatic amines is 1. The molecule has 0 bridgehead atoms. The lowest BCUT2D eigenvalue weighted by Gasteiger charge is -2.13. The van der Waals surface area contributed by atoms with Crippen molar-refractivity contribution in [3.05, 3.63) is 72.3 Å². The van der Waals surface area contributed by atoms with Crippen LogP contribution in [0.25, 0.3) is 22.5 Å². The van der Waals surface area contributed by atoms with Gasteiger partial charge in [-0.15, -0.1) is 5.10 Å². The third kappa shape index (κ3) is 4.61. The number of carbonyl (C=O) groups is 1. The van der Waals surface area contributed by atoms with Gasteiger partial charge in [-0.2, -0.15) is 28.4 Å². The molecular formula is C24H17F3N8O2. The number of nitrogens with one attached hydrogen (secondary N) is 2. The van der Waals surface area contributed by atoms with Crippen molar-refractivity contribution in [1.29, 1.82) is 0 Å². The van der Waals surface area contributed by atoms with Crippen molar-refractivity contribution in [1.82, 2.24) is 20.6 Å². The number of tetrazole rings is 1. The molecule has 0 saturated carbocycles. The number of benzene rings is 3. The molecule has 5 rings (SSSR count). The van der Waals surface area contributed by atoms with Gasteiger partial charge in [-0.1, -0.05) is 30.3 Å². The zero-order valence-electron chi connectivity index (χ0n) is 19.0. The zero-order chi connectivity index (χ0) is 26.2. The minimum absolute atomic E-state index is 0.0514. The Bertz CT molecular complexity index is 1530. The molecule has 3 N–H and O–H groups in total. The maximum Gasteiger partial charge on any atom is 0.416 e. The van der Waals surface area contributed by atoms with Gasteiger partial charge in [0.05, 0.1) is 22.6 Å². The fraction of sp³-hybridized carbons (Fsp3) is 0.0833. The van der Waals surface area contributed by atoms with Gasteiger partial charge in [0.25, 0.3) is 0 Å². The van der Waals surface area contributed by atoms with Gasteiger partial charge in [0.1, 0.15) is 5.75 Å². The Balaban J connectivity index is 1.38. The summed E-state index contributed by atoms with van der Waals surface area (Å²) in [6, 6.07) is 16.3. The Labute approximate surface area is 207 Å². The third-order valence-corrected chi connectivity index (χ3v) is 5.54. The van der Waals surface area contributed by atoms with Crippen molar-refractivity contribution in [2.24, 2.45) is 10.2 Å². The van der Waals surface area contributed by atoms with E-state index in [1.54, 1.807) is 43.3 Å². The SMILES string of the molecule is CC1=NN(c2ccc(C(F)(F)F)cc2)C(=O)C1=NNc1cccc(-c2cccc(-c3nnn[nH]3)c2)c1O. The fourth-order valence-corrected chi connectivity index (χ4v) is 3.69. The molecular weight excluding hydrogens is 489 g/mol. The maximum absolute atomic E-state index is 12.9. The number of carbonyl (C=O) groups excluding carboxylic acids is 1. The molecule has 2 heterocycles. The van der Waals surface area contributed by atoms with E-state index in [9.17, 15) is 23.1 Å². The summed E-state index contributed by atoms with van der Waals surface area (Å²) in [6.45, 7) is 1.54. The van der Waals surface area contributed by atoms with Crippen LogP contribution in [0.15, 0.2) is 76.9 Å². The number of phenols is 1. The highest BCUT2D eigenvalue weighted by Gasteiger charge is 2.33. The van der Waals surface area contributed by atoms with E-state index < -0.39 is 17.6 Å². The van der Waals surface area contributed by atoms with Crippen LogP contribution >= 0.6 is 0 Å². The summed E-state index contributed by atoms with van der Waals surface area (Å²) in [6.07, 6.45) is -4.49. The van der Waals surface area contributed by atoms with Crippen LogP contribution in [0, 0.1) is 0 Å². The normalized spacial score (nSPS) is 14.8. The molecule has 0 fully saturated rings. The Kier molecular flexibility index (Phi) is 5.87. The lowest BCUT2D eigenvalue weighted by molar-refractivity contribution is -0.137. The van der Waals surface area contributed by atoms with Gasteiger partial charge >= 0.3 is 12.1 Å². The van der Waals surface area contributed by atoms with E-state index in [0.717, 1.165) is 29.3 Å². The molecule has 0 aliphatic carbocycles. The first-order chi connectivity index (χ1) is 17.7. The van der Waals surface area contributed by atoms with Crippen LogP contribution in [-0.4, -0.2) is 43.1 Å². The second-order valence-corrected chi connectivity index (χ2v) is 7.95. The van der Waals surface area contributed by atoms with E-state index in [-0.39, 0.29) is 28.5 Å². The molecule has 37 heavy (non-hydrogen) atoms. The Hall–Kier alpha value is -5.07. The topological polar surface area (TPSA) is 132 Å². The molecule has 0 spiro atoms. The van der Waals surface area contributed by atoms with Crippen LogP contribution in [-0.2, 0) is 11.0 Å². The fourth-order valence-electron chi connectivity index (χ4n) is 3.69. The molecule has 0 radical (unpaired) electrons. The van der Waals surface area contributed by atoms with Crippen molar-refractivity contribution in [3.63, 3.8) is 0 Å². The number of para-hydroxylation sites is 1. The molecule has 186 valence electrons. The van der Waals surface area contributed by atoms with Gasteiger partial charge in [0.2, 0.25) is 0 Å². The highest BCUT2D eigenvalue weighted by molar-refractivity contribution is 6.71. The number of amides is 1. The van der Waals surface area contributed by atoms with Gasteiger partial charge in [-0.25, -0.2) is 5.10 Å². The van der Waals surface area contributed by atoms with Crippen LogP contribution in [0.4, 0.5) is 24.5 Å². The van der Waals surface area contributed by atoms with E-state index >= 15 is 0 Å². The standard InChI is InChI=1S/C24H17F3N8O2/c1-13-20(23(37)35(32-13)17-10-8-16(9-11-17)24(25,26)27)29-28-19-7-3-6-18(21(19)36)14-4-2-5-15(12-14)22-30-33-34-31-22/h2-12,28,36H,1H3,(H,30,31,33,34). The molecule has 1 amide bonds. The summed E-state index contributed by atoms with van der Waals surface area (Å²) in [5, 5.41) is 33.8. The summed E-state index contributed by atoms with van der Waals surface area (Å²) >= 11 is 0. The number of phenolic OH excluding ortho intramolecular Hbond substituents is 1. The van der Waals surface area contributed by atoms with Gasteiger partial charge in [-0.05, 0) is 59.3 Å². The second kappa shape index (κ2) is 9.18. The number of anilines is 2. The number of aromatic hydroxyl groups is 1. The molecule has 1 aromatic heterocycles. The van der Waals surface area contributed by atoms with Gasteiger partial charge in [-0.3, -0.25) is 10.2 Å². The number of hydrogen-bond acceptors (Lipinski definition) is 8. The molecule has 4 aromatic rings. The molecule has 13 heteroatoms. The zero-order valence-corrected chi connectivity index (χ0v) is 19.0. The molecule has 0 unspecified atom stereocenters. The van der Waals surface area contributed by atoms with Crippen molar-refractivity contribution >= 4 is 28.7 Å². The smallest absolute Gasteiger partial charge is 0.416 e. The number of nitrogens with zero attached hydrogens (tertiary/aromatic N) is 6. The maximum atomic E-state index is 12.9. The second-order valence-electron chi connectivity index (χ2n) is 7.95. The highest BCUT2D eigenvalue weighted by atomic mass is 19.4. The molecule has 1 aliphatic heterocycles. The number of aromatic nitrogens is 4. The van der Waals surface area contributed by atoms with E-state index in [0.29, 0.717) is 22.5 Å². The van der Waals surface area contributed by atoms with Crippen LogP contribution in [0.3, 0.4) is 0 Å². The Morgan fingerprint density at radius 3 is 2.46 bits per heavy atom. The summed E-state index contributed by atoms with van der Waals surface area (Å²) in [7, 11) is 0. The molecule has 0 saturated heterocycles. The van der Waals surface area contributed by atoms with Gasteiger partial charge in [0.15, 0.2) is 11.5 Å². The number of halogens is 3. The first kappa shape index (κ1) is 23.7. The molecule has 1 aliphatic rings. The van der Waals surface area contributed by atoms with Crippen LogP contribution in [0.5, 0.6) is 5.75 Å². The van der Waals surface area contributed by atoms with Crippen LogP contribution in [0.1, 0.15) is 12.5 Å². The van der Waals surface area contributed by atoms with E-state index in [4.69, 9.17) is 0 Å². The van der Waals surface area contributed by atoms with E-state index in [1.165, 1.54) is 0 Å². The predicted molar refractivity (Wildman–Crippen MR) is 130 cm³/mol. The lowest BCUT2D eigenvalue weighted by atomic mass is 10.0. The van der Waals surface area contributed by atoms with Gasteiger partial charge < -0.3 is 5.11 Å². The van der Waals surface area contributed by atoms with Crippen LogP contribution in [0.2, 0.25) is 0 Å². The van der Waals surface area contributed by atoms with Gasteiger partial charge in [0, 0.05) is 11.1 Å². The number of H-pyrrole nitrogens is 1. The minimum Gasteiger partial charge on any atom is -0.505 e.